The van der Waals surface area contributed by atoms with E-state index in [9.17, 15) is 9.59 Å². The van der Waals surface area contributed by atoms with E-state index in [1.54, 1.807) is 18.2 Å². The van der Waals surface area contributed by atoms with Gasteiger partial charge in [-0.15, -0.1) is 11.3 Å². The Kier molecular flexibility index (Phi) is 5.05. The highest BCUT2D eigenvalue weighted by atomic mass is 32.1. The van der Waals surface area contributed by atoms with E-state index in [1.165, 1.54) is 25.6 Å². The van der Waals surface area contributed by atoms with E-state index in [0.717, 1.165) is 15.5 Å². The topological polar surface area (TPSA) is 67.9 Å². The summed E-state index contributed by atoms with van der Waals surface area (Å²) in [6, 6.07) is 17.9. The van der Waals surface area contributed by atoms with E-state index in [2.05, 4.69) is 5.32 Å². The number of imide groups is 1. The number of para-hydroxylation sites is 1. The van der Waals surface area contributed by atoms with Gasteiger partial charge in [0.15, 0.2) is 0 Å². The summed E-state index contributed by atoms with van der Waals surface area (Å²) in [5.41, 5.74) is 1.69. The van der Waals surface area contributed by atoms with Crippen molar-refractivity contribution in [3.05, 3.63) is 76.6 Å². The summed E-state index contributed by atoms with van der Waals surface area (Å²) in [6.07, 6.45) is 0. The lowest BCUT2D eigenvalue weighted by Gasteiger charge is -2.17. The lowest BCUT2D eigenvalue weighted by Crippen LogP contribution is -2.32. The van der Waals surface area contributed by atoms with Gasteiger partial charge in [-0.25, -0.2) is 4.90 Å². The molecule has 0 saturated carbocycles. The Hall–Kier alpha value is -3.58. The molecule has 0 spiro atoms. The fraction of sp³-hybridized carbons (Fsp3) is 0.0909. The second-order valence-electron chi connectivity index (χ2n) is 6.23. The van der Waals surface area contributed by atoms with E-state index >= 15 is 0 Å². The van der Waals surface area contributed by atoms with Crippen LogP contribution in [0.5, 0.6) is 11.5 Å². The molecule has 1 N–H and O–H groups in total. The molecule has 6 nitrogen and oxygen atoms in total. The fourth-order valence-electron chi connectivity index (χ4n) is 3.12. The molecule has 0 unspecified atom stereocenters. The van der Waals surface area contributed by atoms with Crippen molar-refractivity contribution in [2.24, 2.45) is 0 Å². The number of nitrogens with zero attached hydrogens (tertiary/aromatic N) is 1. The molecule has 0 aliphatic carbocycles. The van der Waals surface area contributed by atoms with Crippen molar-refractivity contribution in [1.29, 1.82) is 0 Å². The highest BCUT2D eigenvalue weighted by Crippen LogP contribution is 2.38. The van der Waals surface area contributed by atoms with Gasteiger partial charge in [-0.2, -0.15) is 0 Å². The minimum absolute atomic E-state index is 0.241. The second-order valence-corrected chi connectivity index (χ2v) is 7.18. The molecule has 7 heteroatoms. The number of thiophene rings is 1. The fourth-order valence-corrected chi connectivity index (χ4v) is 3.89. The lowest BCUT2D eigenvalue weighted by molar-refractivity contribution is -0.120. The van der Waals surface area contributed by atoms with Gasteiger partial charge in [0.05, 0.1) is 25.5 Å². The van der Waals surface area contributed by atoms with Gasteiger partial charge in [-0.1, -0.05) is 24.3 Å². The van der Waals surface area contributed by atoms with Crippen LogP contribution in [-0.4, -0.2) is 26.0 Å². The Morgan fingerprint density at radius 3 is 2.14 bits per heavy atom. The highest BCUT2D eigenvalue weighted by Gasteiger charge is 2.41. The second kappa shape index (κ2) is 7.81. The Morgan fingerprint density at radius 2 is 1.55 bits per heavy atom. The SMILES string of the molecule is COc1cc(OC)cc(N2C(=O)C(Nc3ccccc3)=C(c3cccs3)C2=O)c1. The first-order chi connectivity index (χ1) is 14.1. The summed E-state index contributed by atoms with van der Waals surface area (Å²) in [5.74, 6) is 0.146. The van der Waals surface area contributed by atoms with Crippen molar-refractivity contribution < 1.29 is 19.1 Å². The molecule has 1 aliphatic heterocycles. The third-order valence-electron chi connectivity index (χ3n) is 4.49. The zero-order valence-electron chi connectivity index (χ0n) is 15.8. The van der Waals surface area contributed by atoms with Crippen molar-refractivity contribution in [3.8, 4) is 11.5 Å². The first kappa shape index (κ1) is 18.8. The highest BCUT2D eigenvalue weighted by molar-refractivity contribution is 7.11. The van der Waals surface area contributed by atoms with Crippen LogP contribution in [0.3, 0.4) is 0 Å². The van der Waals surface area contributed by atoms with Crippen LogP contribution in [0.4, 0.5) is 11.4 Å². The number of benzene rings is 2. The molecule has 29 heavy (non-hydrogen) atoms. The van der Waals surface area contributed by atoms with Gasteiger partial charge in [0.2, 0.25) is 0 Å². The molecular formula is C22H18N2O4S. The summed E-state index contributed by atoms with van der Waals surface area (Å²) < 4.78 is 10.6. The van der Waals surface area contributed by atoms with Crippen molar-refractivity contribution in [3.63, 3.8) is 0 Å². The molecular weight excluding hydrogens is 388 g/mol. The minimum Gasteiger partial charge on any atom is -0.497 e. The van der Waals surface area contributed by atoms with Crippen molar-refractivity contribution in [2.75, 3.05) is 24.4 Å². The number of carbonyl (C=O) groups excluding carboxylic acids is 2. The molecule has 2 amide bonds. The van der Waals surface area contributed by atoms with Crippen LogP contribution in [0.25, 0.3) is 5.57 Å². The largest absolute Gasteiger partial charge is 0.497 e. The average molecular weight is 406 g/mol. The summed E-state index contributed by atoms with van der Waals surface area (Å²) in [4.78, 5) is 28.5. The maximum absolute atomic E-state index is 13.3. The van der Waals surface area contributed by atoms with E-state index in [4.69, 9.17) is 9.47 Å². The van der Waals surface area contributed by atoms with Crippen LogP contribution in [0.2, 0.25) is 0 Å². The molecule has 0 radical (unpaired) electrons. The molecule has 3 aromatic rings. The number of hydrogen-bond donors (Lipinski definition) is 1. The third kappa shape index (κ3) is 3.48. The van der Waals surface area contributed by atoms with E-state index in [0.29, 0.717) is 22.8 Å². The van der Waals surface area contributed by atoms with Crippen LogP contribution in [0, 0.1) is 0 Å². The number of anilines is 2. The van der Waals surface area contributed by atoms with Gasteiger partial charge < -0.3 is 14.8 Å². The Balaban J connectivity index is 1.81. The quantitative estimate of drug-likeness (QED) is 0.623. The van der Waals surface area contributed by atoms with E-state index in [-0.39, 0.29) is 5.70 Å². The summed E-state index contributed by atoms with van der Waals surface area (Å²) in [5, 5.41) is 5.00. The molecule has 0 bridgehead atoms. The zero-order chi connectivity index (χ0) is 20.4. The summed E-state index contributed by atoms with van der Waals surface area (Å²) >= 11 is 1.41. The molecule has 4 rings (SSSR count). The van der Waals surface area contributed by atoms with E-state index < -0.39 is 11.8 Å². The Bertz CT molecular complexity index is 1070. The number of rotatable bonds is 6. The number of hydrogen-bond acceptors (Lipinski definition) is 6. The van der Waals surface area contributed by atoms with Crippen LogP contribution >= 0.6 is 11.3 Å². The maximum atomic E-state index is 13.3. The Labute approximate surface area is 172 Å². The van der Waals surface area contributed by atoms with E-state index in [1.807, 2.05) is 47.8 Å². The van der Waals surface area contributed by atoms with Crippen molar-refractivity contribution >= 4 is 40.1 Å². The maximum Gasteiger partial charge on any atom is 0.282 e. The zero-order valence-corrected chi connectivity index (χ0v) is 16.7. The number of carbonyl (C=O) groups is 2. The average Bonchev–Trinajstić information content (AvgIpc) is 3.35. The predicted octanol–water partition coefficient (Wildman–Crippen LogP) is 4.16. The smallest absolute Gasteiger partial charge is 0.282 e. The molecule has 0 fully saturated rings. The van der Waals surface area contributed by atoms with Crippen LogP contribution in [0.1, 0.15) is 4.88 Å². The third-order valence-corrected chi connectivity index (χ3v) is 5.38. The molecule has 0 saturated heterocycles. The van der Waals surface area contributed by atoms with Gasteiger partial charge in [0, 0.05) is 28.8 Å². The first-order valence-corrected chi connectivity index (χ1v) is 9.72. The molecule has 146 valence electrons. The van der Waals surface area contributed by atoms with Gasteiger partial charge >= 0.3 is 0 Å². The van der Waals surface area contributed by atoms with Gasteiger partial charge in [-0.05, 0) is 23.6 Å². The monoisotopic (exact) mass is 406 g/mol. The molecule has 2 aromatic carbocycles. The molecule has 2 heterocycles. The van der Waals surface area contributed by atoms with Crippen LogP contribution in [-0.2, 0) is 9.59 Å². The number of amides is 2. The van der Waals surface area contributed by atoms with Crippen molar-refractivity contribution in [1.82, 2.24) is 0 Å². The number of nitrogens with one attached hydrogen (secondary N) is 1. The first-order valence-electron chi connectivity index (χ1n) is 8.84. The van der Waals surface area contributed by atoms with Gasteiger partial charge in [0.25, 0.3) is 11.8 Å². The Morgan fingerprint density at radius 1 is 0.862 bits per heavy atom. The number of methoxy groups -OCH3 is 2. The lowest BCUT2D eigenvalue weighted by atomic mass is 10.2. The van der Waals surface area contributed by atoms with Crippen LogP contribution in [0.15, 0.2) is 71.7 Å². The van der Waals surface area contributed by atoms with Gasteiger partial charge in [-0.3, -0.25) is 9.59 Å². The predicted molar refractivity (Wildman–Crippen MR) is 113 cm³/mol. The molecule has 1 aromatic heterocycles. The number of ether oxygens (including phenoxy) is 2. The minimum atomic E-state index is -0.433. The molecule has 1 aliphatic rings. The summed E-state index contributed by atoms with van der Waals surface area (Å²) in [7, 11) is 3.04. The molecule has 0 atom stereocenters. The van der Waals surface area contributed by atoms with Crippen LogP contribution < -0.4 is 19.7 Å². The van der Waals surface area contributed by atoms with Gasteiger partial charge in [0.1, 0.15) is 17.2 Å². The summed E-state index contributed by atoms with van der Waals surface area (Å²) in [6.45, 7) is 0. The normalized spacial score (nSPS) is 13.8. The van der Waals surface area contributed by atoms with Crippen molar-refractivity contribution in [2.45, 2.75) is 0 Å². The standard InChI is InChI=1S/C22H18N2O4S/c1-27-16-11-15(12-17(13-16)28-2)24-21(25)19(18-9-6-10-29-18)20(22(24)26)23-14-7-4-3-5-8-14/h3-13,23H,1-2H3.